The molecule has 152 valence electrons. The van der Waals surface area contributed by atoms with Gasteiger partial charge in [0.25, 0.3) is 0 Å². The van der Waals surface area contributed by atoms with Crippen molar-refractivity contribution in [1.82, 2.24) is 24.8 Å². The highest BCUT2D eigenvalue weighted by atomic mass is 19.4. The van der Waals surface area contributed by atoms with Crippen molar-refractivity contribution in [3.8, 4) is 0 Å². The number of rotatable bonds is 4. The Morgan fingerprint density at radius 2 is 2.04 bits per heavy atom. The molecule has 0 aromatic carbocycles. The van der Waals surface area contributed by atoms with Crippen LogP contribution < -0.4 is 5.32 Å². The molecule has 0 radical (unpaired) electrons. The Hall–Kier alpha value is -2.65. The molecule has 0 unspecified atom stereocenters. The first-order valence-electron chi connectivity index (χ1n) is 9.06. The van der Waals surface area contributed by atoms with Crippen LogP contribution in [0.15, 0.2) is 12.1 Å². The SMILES string of the molecule is CC(=O)NCC(=O)N1CC[C@H](c2cc3nc(C(C)C)cc(C(F)(F)F)n3n2)C1. The van der Waals surface area contributed by atoms with E-state index in [0.29, 0.717) is 30.9 Å². The zero-order chi connectivity index (χ0) is 20.6. The number of nitrogens with one attached hydrogen (secondary N) is 1. The second-order valence-corrected chi connectivity index (χ2v) is 7.29. The number of fused-ring (bicyclic) bond motifs is 1. The van der Waals surface area contributed by atoms with Crippen LogP contribution in [-0.2, 0) is 15.8 Å². The Balaban J connectivity index is 1.87. The Morgan fingerprint density at radius 3 is 2.64 bits per heavy atom. The minimum Gasteiger partial charge on any atom is -0.347 e. The molecule has 0 spiro atoms. The maximum Gasteiger partial charge on any atom is 0.433 e. The van der Waals surface area contributed by atoms with Crippen LogP contribution in [0.2, 0.25) is 0 Å². The Kier molecular flexibility index (Phi) is 5.31. The summed E-state index contributed by atoms with van der Waals surface area (Å²) >= 11 is 0. The third-order valence-electron chi connectivity index (χ3n) is 4.80. The van der Waals surface area contributed by atoms with E-state index < -0.39 is 11.9 Å². The van der Waals surface area contributed by atoms with Gasteiger partial charge in [-0.25, -0.2) is 9.50 Å². The van der Waals surface area contributed by atoms with Crippen LogP contribution in [-0.4, -0.2) is 50.9 Å². The zero-order valence-corrected chi connectivity index (χ0v) is 15.9. The highest BCUT2D eigenvalue weighted by Crippen LogP contribution is 2.33. The highest BCUT2D eigenvalue weighted by Gasteiger charge is 2.36. The fraction of sp³-hybridized carbons (Fsp3) is 0.556. The van der Waals surface area contributed by atoms with Crippen molar-refractivity contribution in [2.75, 3.05) is 19.6 Å². The van der Waals surface area contributed by atoms with Gasteiger partial charge >= 0.3 is 6.18 Å². The standard InChI is InChI=1S/C18H22F3N5O2/c1-10(2)13-6-15(18(19,20)21)26-16(23-13)7-14(24-26)12-4-5-25(9-12)17(28)8-22-11(3)27/h6-7,10,12H,4-5,8-9H2,1-3H3,(H,22,27)/t12-/m0/s1. The first kappa shape index (κ1) is 20.1. The third-order valence-corrected chi connectivity index (χ3v) is 4.80. The number of hydrogen-bond acceptors (Lipinski definition) is 4. The molecule has 10 heteroatoms. The number of halogens is 3. The second-order valence-electron chi connectivity index (χ2n) is 7.29. The predicted octanol–water partition coefficient (Wildman–Crippen LogP) is 2.32. The molecule has 1 atom stereocenters. The van der Waals surface area contributed by atoms with Gasteiger partial charge in [-0.15, -0.1) is 0 Å². The lowest BCUT2D eigenvalue weighted by molar-refractivity contribution is -0.142. The molecular weight excluding hydrogens is 375 g/mol. The van der Waals surface area contributed by atoms with E-state index in [2.05, 4.69) is 15.4 Å². The lowest BCUT2D eigenvalue weighted by Crippen LogP contribution is -2.38. The van der Waals surface area contributed by atoms with Gasteiger partial charge in [0, 0.05) is 37.7 Å². The number of aromatic nitrogens is 3. The molecule has 1 aliphatic heterocycles. The summed E-state index contributed by atoms with van der Waals surface area (Å²) in [6, 6.07) is 2.60. The first-order chi connectivity index (χ1) is 13.1. The van der Waals surface area contributed by atoms with Crippen molar-refractivity contribution < 1.29 is 22.8 Å². The number of alkyl halides is 3. The van der Waals surface area contributed by atoms with Crippen LogP contribution in [0.25, 0.3) is 5.65 Å². The summed E-state index contributed by atoms with van der Waals surface area (Å²) in [5, 5.41) is 6.61. The normalized spacial score (nSPS) is 17.5. The topological polar surface area (TPSA) is 79.6 Å². The van der Waals surface area contributed by atoms with Gasteiger partial charge in [0.1, 0.15) is 5.69 Å². The van der Waals surface area contributed by atoms with Gasteiger partial charge in [0.2, 0.25) is 11.8 Å². The van der Waals surface area contributed by atoms with E-state index >= 15 is 0 Å². The Labute approximate surface area is 159 Å². The van der Waals surface area contributed by atoms with E-state index in [-0.39, 0.29) is 35.8 Å². The molecule has 2 amide bonds. The highest BCUT2D eigenvalue weighted by molar-refractivity contribution is 5.83. The number of carbonyl (C=O) groups is 2. The lowest BCUT2D eigenvalue weighted by atomic mass is 10.1. The molecule has 3 heterocycles. The smallest absolute Gasteiger partial charge is 0.347 e. The van der Waals surface area contributed by atoms with Crippen molar-refractivity contribution in [2.24, 2.45) is 0 Å². The molecule has 1 saturated heterocycles. The van der Waals surface area contributed by atoms with Gasteiger partial charge in [-0.1, -0.05) is 13.8 Å². The predicted molar refractivity (Wildman–Crippen MR) is 94.7 cm³/mol. The van der Waals surface area contributed by atoms with E-state index in [1.54, 1.807) is 24.8 Å². The summed E-state index contributed by atoms with van der Waals surface area (Å²) in [7, 11) is 0. The fourth-order valence-corrected chi connectivity index (χ4v) is 3.25. The average molecular weight is 397 g/mol. The molecule has 3 rings (SSSR count). The van der Waals surface area contributed by atoms with Crippen LogP contribution >= 0.6 is 0 Å². The number of nitrogens with zero attached hydrogens (tertiary/aromatic N) is 4. The van der Waals surface area contributed by atoms with Crippen LogP contribution in [0.3, 0.4) is 0 Å². The Morgan fingerprint density at radius 1 is 1.32 bits per heavy atom. The van der Waals surface area contributed by atoms with Crippen LogP contribution in [0.1, 0.15) is 56.1 Å². The monoisotopic (exact) mass is 397 g/mol. The molecule has 0 aliphatic carbocycles. The summed E-state index contributed by atoms with van der Waals surface area (Å²) in [5.74, 6) is -0.849. The zero-order valence-electron chi connectivity index (χ0n) is 15.9. The number of amides is 2. The van der Waals surface area contributed by atoms with Crippen molar-refractivity contribution in [1.29, 1.82) is 0 Å². The largest absolute Gasteiger partial charge is 0.433 e. The fourth-order valence-electron chi connectivity index (χ4n) is 3.25. The van der Waals surface area contributed by atoms with Crippen molar-refractivity contribution in [2.45, 2.75) is 45.2 Å². The van der Waals surface area contributed by atoms with E-state index in [0.717, 1.165) is 10.6 Å². The maximum atomic E-state index is 13.5. The van der Waals surface area contributed by atoms with Gasteiger partial charge in [-0.2, -0.15) is 18.3 Å². The van der Waals surface area contributed by atoms with Gasteiger partial charge < -0.3 is 10.2 Å². The molecule has 28 heavy (non-hydrogen) atoms. The summed E-state index contributed by atoms with van der Waals surface area (Å²) < 4.78 is 41.3. The number of hydrogen-bond donors (Lipinski definition) is 1. The average Bonchev–Trinajstić information content (AvgIpc) is 3.24. The van der Waals surface area contributed by atoms with E-state index in [9.17, 15) is 22.8 Å². The lowest BCUT2D eigenvalue weighted by Gasteiger charge is -2.16. The number of carbonyl (C=O) groups excluding carboxylic acids is 2. The first-order valence-corrected chi connectivity index (χ1v) is 9.06. The molecule has 0 saturated carbocycles. The van der Waals surface area contributed by atoms with Crippen LogP contribution in [0.4, 0.5) is 13.2 Å². The summed E-state index contributed by atoms with van der Waals surface area (Å²) in [6.07, 6.45) is -3.96. The molecular formula is C18H22F3N5O2. The molecule has 1 aliphatic rings. The van der Waals surface area contributed by atoms with Crippen molar-refractivity contribution in [3.63, 3.8) is 0 Å². The maximum absolute atomic E-state index is 13.5. The van der Waals surface area contributed by atoms with Gasteiger partial charge in [-0.05, 0) is 18.4 Å². The molecule has 2 aromatic heterocycles. The van der Waals surface area contributed by atoms with Crippen molar-refractivity contribution >= 4 is 17.5 Å². The third kappa shape index (κ3) is 4.10. The molecule has 2 aromatic rings. The molecule has 7 nitrogen and oxygen atoms in total. The molecule has 1 fully saturated rings. The molecule has 0 bridgehead atoms. The minimum absolute atomic E-state index is 0.0925. The van der Waals surface area contributed by atoms with Gasteiger partial charge in [0.05, 0.1) is 12.2 Å². The summed E-state index contributed by atoms with van der Waals surface area (Å²) in [6.45, 7) is 5.62. The molecule has 1 N–H and O–H groups in total. The van der Waals surface area contributed by atoms with Crippen LogP contribution in [0, 0.1) is 0 Å². The van der Waals surface area contributed by atoms with E-state index in [4.69, 9.17) is 0 Å². The van der Waals surface area contributed by atoms with E-state index in [1.165, 1.54) is 6.92 Å². The van der Waals surface area contributed by atoms with E-state index in [1.807, 2.05) is 0 Å². The summed E-state index contributed by atoms with van der Waals surface area (Å²) in [4.78, 5) is 29.0. The van der Waals surface area contributed by atoms with Crippen molar-refractivity contribution in [3.05, 3.63) is 29.2 Å². The quantitative estimate of drug-likeness (QED) is 0.859. The number of likely N-dealkylation sites (tertiary alicyclic amines) is 1. The second kappa shape index (κ2) is 7.40. The van der Waals surface area contributed by atoms with Gasteiger partial charge in [-0.3, -0.25) is 9.59 Å². The summed E-state index contributed by atoms with van der Waals surface area (Å²) in [5.41, 5.74) is 0.124. The Bertz CT molecular complexity index is 906. The van der Waals surface area contributed by atoms with Gasteiger partial charge in [0.15, 0.2) is 5.65 Å². The minimum atomic E-state index is -4.55. The van der Waals surface area contributed by atoms with Crippen LogP contribution in [0.5, 0.6) is 0 Å².